The summed E-state index contributed by atoms with van der Waals surface area (Å²) in [7, 11) is 0. The molecule has 0 radical (unpaired) electrons. The number of aliphatic carboxylic acids is 1. The molecule has 8 heteroatoms. The van der Waals surface area contributed by atoms with Crippen molar-refractivity contribution in [3.05, 3.63) is 51.9 Å². The third kappa shape index (κ3) is 6.74. The molecule has 0 spiro atoms. The summed E-state index contributed by atoms with van der Waals surface area (Å²) in [5.74, 6) is -0.490. The van der Waals surface area contributed by atoms with Gasteiger partial charge in [-0.05, 0) is 63.1 Å². The minimum Gasteiger partial charge on any atom is -0.548 e. The van der Waals surface area contributed by atoms with Gasteiger partial charge in [0, 0.05) is 29.4 Å². The molecule has 7 nitrogen and oxygen atoms in total. The Hall–Kier alpha value is -2.09. The van der Waals surface area contributed by atoms with Crippen molar-refractivity contribution in [1.29, 1.82) is 0 Å². The van der Waals surface area contributed by atoms with Crippen molar-refractivity contribution in [3.8, 4) is 5.75 Å². The number of hydrogen-bond acceptors (Lipinski definition) is 6. The van der Waals surface area contributed by atoms with Crippen molar-refractivity contribution in [2.45, 2.75) is 53.4 Å². The van der Waals surface area contributed by atoms with Crippen molar-refractivity contribution >= 4 is 22.8 Å². The molecule has 0 aliphatic heterocycles. The van der Waals surface area contributed by atoms with E-state index >= 15 is 0 Å². The molecule has 178 valence electrons. The minimum absolute atomic E-state index is 0. The summed E-state index contributed by atoms with van der Waals surface area (Å²) in [6, 6.07) is 8.57. The topological polar surface area (TPSA) is 109 Å². The van der Waals surface area contributed by atoms with Gasteiger partial charge < -0.3 is 24.4 Å². The molecule has 0 saturated heterocycles. The maximum Gasteiger partial charge on any atom is 1.00 e. The molecule has 1 aromatic heterocycles. The van der Waals surface area contributed by atoms with Crippen LogP contribution in [0.3, 0.4) is 0 Å². The number of fused-ring (bicyclic) bond motifs is 1. The number of carboxylic acids is 1. The molecule has 0 unspecified atom stereocenters. The number of amides is 1. The van der Waals surface area contributed by atoms with Crippen LogP contribution in [0.25, 0.3) is 11.0 Å². The Bertz CT molecular complexity index is 1120. The van der Waals surface area contributed by atoms with Gasteiger partial charge in [-0.15, -0.1) is 0 Å². The standard InChI is InChI=1S/C26H33NO6.Na/c1-16(2)20-9-5-17(3)26(4,21(20)10-11-23(28)27-14-24(29)30)15-32-19-8-6-18-7-12-25(31)33-22(18)13-19;/h6-8,12-13,17,21H,5,9-11,14-15H2,1-4H3,(H,27,28)(H,29,30);/q;+1/p-1/t17-,21-,26-;/m0./s1. The van der Waals surface area contributed by atoms with Crippen LogP contribution in [0.1, 0.15) is 53.4 Å². The molecule has 0 bridgehead atoms. The predicted molar refractivity (Wildman–Crippen MR) is 124 cm³/mol. The molecule has 1 fully saturated rings. The number of allylic oxidation sites excluding steroid dienone is 2. The average molecular weight is 478 g/mol. The summed E-state index contributed by atoms with van der Waals surface area (Å²) >= 11 is 0. The van der Waals surface area contributed by atoms with E-state index in [1.165, 1.54) is 17.2 Å². The molecule has 34 heavy (non-hydrogen) atoms. The Morgan fingerprint density at radius 1 is 1.24 bits per heavy atom. The maximum absolute atomic E-state index is 12.2. The van der Waals surface area contributed by atoms with E-state index in [0.717, 1.165) is 18.2 Å². The van der Waals surface area contributed by atoms with Gasteiger partial charge in [0.1, 0.15) is 11.3 Å². The zero-order valence-corrected chi connectivity index (χ0v) is 22.7. The monoisotopic (exact) mass is 477 g/mol. The van der Waals surface area contributed by atoms with Crippen LogP contribution in [-0.2, 0) is 9.59 Å². The Morgan fingerprint density at radius 2 is 1.94 bits per heavy atom. The number of rotatable bonds is 8. The normalized spacial score (nSPS) is 22.1. The Balaban J connectivity index is 0.00000408. The number of carbonyl (C=O) groups is 2. The first-order valence-electron chi connectivity index (χ1n) is 11.4. The fourth-order valence-electron chi connectivity index (χ4n) is 4.87. The van der Waals surface area contributed by atoms with E-state index in [2.05, 4.69) is 33.0 Å². The second-order valence-electron chi connectivity index (χ2n) is 9.45. The largest absolute Gasteiger partial charge is 1.00 e. The first-order valence-corrected chi connectivity index (χ1v) is 11.4. The van der Waals surface area contributed by atoms with E-state index in [0.29, 0.717) is 30.3 Å². The summed E-state index contributed by atoms with van der Waals surface area (Å²) in [6.45, 7) is 8.58. The fourth-order valence-corrected chi connectivity index (χ4v) is 4.87. The molecule has 1 amide bonds. The van der Waals surface area contributed by atoms with Crippen molar-refractivity contribution < 1.29 is 53.4 Å². The molecule has 1 aliphatic rings. The van der Waals surface area contributed by atoms with Gasteiger partial charge in [0.2, 0.25) is 5.91 Å². The van der Waals surface area contributed by atoms with Crippen LogP contribution in [-0.4, -0.2) is 25.0 Å². The molecule has 1 saturated carbocycles. The van der Waals surface area contributed by atoms with Crippen LogP contribution in [0.2, 0.25) is 0 Å². The van der Waals surface area contributed by atoms with E-state index < -0.39 is 18.1 Å². The third-order valence-electron chi connectivity index (χ3n) is 7.07. The number of hydrogen-bond donors (Lipinski definition) is 1. The van der Waals surface area contributed by atoms with Crippen molar-refractivity contribution in [3.63, 3.8) is 0 Å². The van der Waals surface area contributed by atoms with Crippen LogP contribution >= 0.6 is 0 Å². The summed E-state index contributed by atoms with van der Waals surface area (Å²) in [5, 5.41) is 13.9. The second-order valence-corrected chi connectivity index (χ2v) is 9.45. The zero-order valence-electron chi connectivity index (χ0n) is 20.7. The van der Waals surface area contributed by atoms with Crippen LogP contribution in [0.15, 0.2) is 50.7 Å². The number of nitrogens with one attached hydrogen (secondary N) is 1. The van der Waals surface area contributed by atoms with Gasteiger partial charge in [-0.2, -0.15) is 0 Å². The van der Waals surface area contributed by atoms with Gasteiger partial charge in [0.25, 0.3) is 0 Å². The summed E-state index contributed by atoms with van der Waals surface area (Å²) < 4.78 is 11.5. The van der Waals surface area contributed by atoms with E-state index in [-0.39, 0.29) is 53.2 Å². The molecule has 1 aliphatic carbocycles. The quantitative estimate of drug-likeness (QED) is 0.331. The number of carboxylic acid groups (broad SMARTS) is 1. The molecule has 3 atom stereocenters. The van der Waals surface area contributed by atoms with Gasteiger partial charge >= 0.3 is 35.2 Å². The molecular formula is C26H32NNaO6. The molecule has 1 heterocycles. The maximum atomic E-state index is 12.2. The predicted octanol–water partition coefficient (Wildman–Crippen LogP) is 0.211. The minimum atomic E-state index is -1.30. The first-order chi connectivity index (χ1) is 15.6. The molecule has 1 aromatic carbocycles. The average Bonchev–Trinajstić information content (AvgIpc) is 2.76. The van der Waals surface area contributed by atoms with Crippen molar-refractivity contribution in [2.75, 3.05) is 13.2 Å². The SMILES string of the molecule is CC(C)=C1CC[C@H](C)[C@](C)(COc2ccc3ccc(=O)oc3c2)[C@H]1CCC(=O)NCC(=O)[O-].[Na+]. The van der Waals surface area contributed by atoms with E-state index in [1.54, 1.807) is 12.1 Å². The fraction of sp³-hybridized carbons (Fsp3) is 0.500. The van der Waals surface area contributed by atoms with Gasteiger partial charge in [-0.3, -0.25) is 4.79 Å². The number of benzene rings is 1. The molecular weight excluding hydrogens is 445 g/mol. The smallest absolute Gasteiger partial charge is 0.548 e. The number of carbonyl (C=O) groups excluding carboxylic acids is 2. The zero-order chi connectivity index (χ0) is 24.2. The van der Waals surface area contributed by atoms with E-state index in [1.807, 2.05) is 12.1 Å². The van der Waals surface area contributed by atoms with Gasteiger partial charge in [-0.25, -0.2) is 4.79 Å². The summed E-state index contributed by atoms with van der Waals surface area (Å²) in [4.78, 5) is 34.4. The van der Waals surface area contributed by atoms with Crippen LogP contribution < -0.4 is 50.3 Å². The molecule has 2 aromatic rings. The first kappa shape index (κ1) is 28.1. The van der Waals surface area contributed by atoms with Crippen LogP contribution in [0.4, 0.5) is 0 Å². The summed E-state index contributed by atoms with van der Waals surface area (Å²) in [6.07, 6.45) is 2.85. The molecule has 1 N–H and O–H groups in total. The Labute approximate surface area is 222 Å². The Kier molecular flexibility index (Phi) is 9.97. The van der Waals surface area contributed by atoms with E-state index in [4.69, 9.17) is 9.15 Å². The van der Waals surface area contributed by atoms with Crippen molar-refractivity contribution in [1.82, 2.24) is 5.32 Å². The van der Waals surface area contributed by atoms with Crippen LogP contribution in [0, 0.1) is 17.3 Å². The second kappa shape index (κ2) is 12.0. The number of ether oxygens (including phenoxy) is 1. The Morgan fingerprint density at radius 3 is 2.62 bits per heavy atom. The molecule has 3 rings (SSSR count). The van der Waals surface area contributed by atoms with Gasteiger partial charge in [0.15, 0.2) is 0 Å². The van der Waals surface area contributed by atoms with Gasteiger partial charge in [0.05, 0.1) is 19.1 Å². The van der Waals surface area contributed by atoms with E-state index in [9.17, 15) is 19.5 Å². The van der Waals surface area contributed by atoms with Crippen molar-refractivity contribution in [2.24, 2.45) is 17.3 Å². The third-order valence-corrected chi connectivity index (χ3v) is 7.07. The van der Waals surface area contributed by atoms with Crippen LogP contribution in [0.5, 0.6) is 5.75 Å². The van der Waals surface area contributed by atoms with Gasteiger partial charge in [-0.1, -0.05) is 25.0 Å². The summed E-state index contributed by atoms with van der Waals surface area (Å²) in [5.41, 5.74) is 2.44.